The first-order chi connectivity index (χ1) is 15.5. The summed E-state index contributed by atoms with van der Waals surface area (Å²) in [7, 11) is 0. The van der Waals surface area contributed by atoms with Gasteiger partial charge in [0.05, 0.1) is 18.8 Å². The summed E-state index contributed by atoms with van der Waals surface area (Å²) in [6.07, 6.45) is 1.61. The lowest BCUT2D eigenvalue weighted by molar-refractivity contribution is 0.0303. The van der Waals surface area contributed by atoms with Crippen molar-refractivity contribution in [2.24, 2.45) is 0 Å². The van der Waals surface area contributed by atoms with Crippen LogP contribution in [-0.4, -0.2) is 53.2 Å². The molecule has 7 heteroatoms. The normalized spacial score (nSPS) is 14.1. The van der Waals surface area contributed by atoms with Crippen molar-refractivity contribution in [1.82, 2.24) is 9.88 Å². The molecule has 0 atom stereocenters. The van der Waals surface area contributed by atoms with E-state index >= 15 is 0 Å². The number of amides is 1. The molecule has 1 saturated heterocycles. The van der Waals surface area contributed by atoms with E-state index in [4.69, 9.17) is 4.74 Å². The highest BCUT2D eigenvalue weighted by Crippen LogP contribution is 2.32. The number of fused-ring (bicyclic) bond motifs is 3. The zero-order valence-corrected chi connectivity index (χ0v) is 17.1. The molecule has 0 spiro atoms. The maximum Gasteiger partial charge on any atom is 0.336 e. The second-order valence-corrected chi connectivity index (χ2v) is 7.77. The predicted molar refractivity (Wildman–Crippen MR) is 121 cm³/mol. The minimum Gasteiger partial charge on any atom is -0.478 e. The molecule has 1 aromatic heterocycles. The Bertz CT molecular complexity index is 1420. The third kappa shape index (κ3) is 3.52. The molecular weight excluding hydrogens is 408 g/mol. The molecule has 0 unspecified atom stereocenters. The molecule has 4 aromatic rings. The van der Waals surface area contributed by atoms with E-state index in [0.717, 1.165) is 21.9 Å². The number of aromatic carboxylic acids is 1. The fraction of sp³-hybridized carbons (Fsp3) is 0.160. The number of carboxylic acid groups (broad SMARTS) is 1. The summed E-state index contributed by atoms with van der Waals surface area (Å²) < 4.78 is 5.31. The quantitative estimate of drug-likeness (QED) is 0.487. The van der Waals surface area contributed by atoms with Gasteiger partial charge in [0.2, 0.25) is 5.56 Å². The van der Waals surface area contributed by atoms with Gasteiger partial charge in [-0.2, -0.15) is 0 Å². The lowest BCUT2D eigenvalue weighted by Crippen LogP contribution is -2.40. The third-order valence-corrected chi connectivity index (χ3v) is 5.85. The van der Waals surface area contributed by atoms with Gasteiger partial charge in [0.25, 0.3) is 5.91 Å². The Morgan fingerprint density at radius 1 is 0.875 bits per heavy atom. The summed E-state index contributed by atoms with van der Waals surface area (Å²) in [5.74, 6) is -1.06. The highest BCUT2D eigenvalue weighted by Gasteiger charge is 2.18. The average Bonchev–Trinajstić information content (AvgIpc) is 2.83. The number of nitrogens with zero attached hydrogens (tertiary/aromatic N) is 1. The number of morpholine rings is 1. The highest BCUT2D eigenvalue weighted by molar-refractivity contribution is 6.16. The number of ether oxygens (including phenoxy) is 1. The number of benzene rings is 3. The fourth-order valence-corrected chi connectivity index (χ4v) is 4.19. The van der Waals surface area contributed by atoms with E-state index < -0.39 is 5.97 Å². The van der Waals surface area contributed by atoms with E-state index in [1.54, 1.807) is 29.3 Å². The van der Waals surface area contributed by atoms with Gasteiger partial charge in [-0.3, -0.25) is 9.59 Å². The molecule has 1 aliphatic rings. The van der Waals surface area contributed by atoms with E-state index in [-0.39, 0.29) is 17.0 Å². The molecule has 3 aromatic carbocycles. The molecule has 32 heavy (non-hydrogen) atoms. The number of aromatic amines is 1. The number of hydrogen-bond acceptors (Lipinski definition) is 4. The number of carbonyl (C=O) groups excluding carboxylic acids is 1. The fourth-order valence-electron chi connectivity index (χ4n) is 4.19. The van der Waals surface area contributed by atoms with Crippen molar-refractivity contribution in [1.29, 1.82) is 0 Å². The van der Waals surface area contributed by atoms with Crippen molar-refractivity contribution in [3.8, 4) is 11.1 Å². The number of carboxylic acids is 1. The maximum atomic E-state index is 12.7. The van der Waals surface area contributed by atoms with E-state index in [1.807, 2.05) is 24.3 Å². The van der Waals surface area contributed by atoms with Crippen molar-refractivity contribution < 1.29 is 19.4 Å². The zero-order valence-electron chi connectivity index (χ0n) is 17.1. The van der Waals surface area contributed by atoms with Crippen molar-refractivity contribution >= 4 is 33.4 Å². The summed E-state index contributed by atoms with van der Waals surface area (Å²) in [5.41, 5.74) is 2.27. The van der Waals surface area contributed by atoms with E-state index in [9.17, 15) is 19.5 Å². The van der Waals surface area contributed by atoms with Gasteiger partial charge in [-0.05, 0) is 51.6 Å². The van der Waals surface area contributed by atoms with E-state index in [0.29, 0.717) is 42.6 Å². The molecule has 0 aliphatic carbocycles. The summed E-state index contributed by atoms with van der Waals surface area (Å²) in [6, 6.07) is 15.9. The molecule has 1 fully saturated rings. The second-order valence-electron chi connectivity index (χ2n) is 7.77. The number of nitrogens with one attached hydrogen (secondary N) is 1. The molecule has 0 saturated carbocycles. The number of H-pyrrole nitrogens is 1. The van der Waals surface area contributed by atoms with Gasteiger partial charge >= 0.3 is 5.97 Å². The summed E-state index contributed by atoms with van der Waals surface area (Å²) in [6.45, 7) is 2.29. The van der Waals surface area contributed by atoms with Crippen molar-refractivity contribution in [2.45, 2.75) is 0 Å². The van der Waals surface area contributed by atoms with Crippen LogP contribution in [0, 0.1) is 0 Å². The molecule has 0 bridgehead atoms. The monoisotopic (exact) mass is 428 g/mol. The minimum atomic E-state index is -1.05. The van der Waals surface area contributed by atoms with Gasteiger partial charge in [-0.25, -0.2) is 4.79 Å². The smallest absolute Gasteiger partial charge is 0.336 e. The lowest BCUT2D eigenvalue weighted by atomic mass is 9.94. The molecule has 1 aliphatic heterocycles. The van der Waals surface area contributed by atoms with Crippen LogP contribution >= 0.6 is 0 Å². The van der Waals surface area contributed by atoms with E-state index in [1.165, 1.54) is 12.1 Å². The van der Waals surface area contributed by atoms with Crippen LogP contribution in [0.3, 0.4) is 0 Å². The van der Waals surface area contributed by atoms with Gasteiger partial charge in [-0.15, -0.1) is 0 Å². The van der Waals surface area contributed by atoms with Crippen LogP contribution in [-0.2, 0) is 4.74 Å². The third-order valence-electron chi connectivity index (χ3n) is 5.85. The standard InChI is InChI=1S/C25H20N2O5/c28-23-13-18-12-21(25(30)31)19-6-5-17(11-20(19)22(18)14-26-23)15-1-3-16(4-2-15)24(29)27-7-9-32-10-8-27/h1-6,11-14H,7-10H2,(H,26,28)(H,30,31). The Hall–Kier alpha value is -3.97. The Morgan fingerprint density at radius 3 is 2.31 bits per heavy atom. The zero-order chi connectivity index (χ0) is 22.2. The van der Waals surface area contributed by atoms with Crippen LogP contribution in [0.5, 0.6) is 0 Å². The summed E-state index contributed by atoms with van der Waals surface area (Å²) in [4.78, 5) is 40.7. The number of hydrogen-bond donors (Lipinski definition) is 2. The van der Waals surface area contributed by atoms with Crippen LogP contribution < -0.4 is 5.56 Å². The lowest BCUT2D eigenvalue weighted by Gasteiger charge is -2.26. The summed E-state index contributed by atoms with van der Waals surface area (Å²) >= 11 is 0. The first kappa shape index (κ1) is 20.0. The van der Waals surface area contributed by atoms with Gasteiger partial charge < -0.3 is 19.7 Å². The van der Waals surface area contributed by atoms with Crippen molar-refractivity contribution in [2.75, 3.05) is 26.3 Å². The number of pyridine rings is 1. The van der Waals surface area contributed by atoms with Crippen LogP contribution in [0.25, 0.3) is 32.7 Å². The molecule has 0 radical (unpaired) electrons. The first-order valence-corrected chi connectivity index (χ1v) is 10.3. The van der Waals surface area contributed by atoms with Crippen LogP contribution in [0.1, 0.15) is 20.7 Å². The van der Waals surface area contributed by atoms with Gasteiger partial charge in [0, 0.05) is 36.3 Å². The molecule has 5 rings (SSSR count). The van der Waals surface area contributed by atoms with Gasteiger partial charge in [0.1, 0.15) is 0 Å². The number of rotatable bonds is 3. The Kier molecular flexibility index (Phi) is 4.95. The Balaban J connectivity index is 1.57. The molecule has 7 nitrogen and oxygen atoms in total. The first-order valence-electron chi connectivity index (χ1n) is 10.3. The van der Waals surface area contributed by atoms with Crippen LogP contribution in [0.4, 0.5) is 0 Å². The Morgan fingerprint density at radius 2 is 1.59 bits per heavy atom. The van der Waals surface area contributed by atoms with Crippen LogP contribution in [0.15, 0.2) is 65.6 Å². The predicted octanol–water partition coefficient (Wildman–Crippen LogP) is 3.52. The molecule has 160 valence electrons. The maximum absolute atomic E-state index is 12.7. The minimum absolute atomic E-state index is 0.0144. The Labute approximate surface area is 182 Å². The number of aromatic nitrogens is 1. The SMILES string of the molecule is O=C(O)c1cc2cc(=O)[nH]cc2c2cc(-c3ccc(C(=O)N4CCOCC4)cc3)ccc12. The average molecular weight is 428 g/mol. The van der Waals surface area contributed by atoms with Gasteiger partial charge in [-0.1, -0.05) is 24.3 Å². The van der Waals surface area contributed by atoms with Crippen molar-refractivity contribution in [3.05, 3.63) is 82.3 Å². The largest absolute Gasteiger partial charge is 0.478 e. The van der Waals surface area contributed by atoms with Gasteiger partial charge in [0.15, 0.2) is 0 Å². The van der Waals surface area contributed by atoms with E-state index in [2.05, 4.69) is 4.98 Å². The molecular formula is C25H20N2O5. The summed E-state index contributed by atoms with van der Waals surface area (Å²) in [5, 5.41) is 12.3. The molecule has 2 N–H and O–H groups in total. The topological polar surface area (TPSA) is 99.7 Å². The van der Waals surface area contributed by atoms with Crippen molar-refractivity contribution in [3.63, 3.8) is 0 Å². The number of carbonyl (C=O) groups is 2. The highest BCUT2D eigenvalue weighted by atomic mass is 16.5. The molecule has 2 heterocycles. The molecule has 1 amide bonds. The second kappa shape index (κ2) is 7.94. The van der Waals surface area contributed by atoms with Crippen LogP contribution in [0.2, 0.25) is 0 Å².